The standard InChI is InChI=1S/C11H15Cl2NO/c1-3-10(7-14-2)15-11-5-8(12)4-9(13)6-11/h4-6,10,14H,3,7H2,1-2H3. The van der Waals surface area contributed by atoms with Gasteiger partial charge in [0.15, 0.2) is 0 Å². The van der Waals surface area contributed by atoms with Crippen LogP contribution >= 0.6 is 23.2 Å². The minimum Gasteiger partial charge on any atom is -0.489 e. The second-order valence-electron chi connectivity index (χ2n) is 3.31. The molecule has 84 valence electrons. The fourth-order valence-corrected chi connectivity index (χ4v) is 1.79. The number of likely N-dealkylation sites (N-methyl/N-ethyl adjacent to an activating group) is 1. The van der Waals surface area contributed by atoms with Gasteiger partial charge in [0.25, 0.3) is 0 Å². The number of benzene rings is 1. The predicted molar refractivity (Wildman–Crippen MR) is 65.1 cm³/mol. The second-order valence-corrected chi connectivity index (χ2v) is 4.18. The van der Waals surface area contributed by atoms with Crippen LogP contribution in [0.25, 0.3) is 0 Å². The monoisotopic (exact) mass is 247 g/mol. The molecule has 0 aliphatic heterocycles. The Bertz CT molecular complexity index is 297. The van der Waals surface area contributed by atoms with Gasteiger partial charge in [0.1, 0.15) is 11.9 Å². The number of nitrogens with one attached hydrogen (secondary N) is 1. The lowest BCUT2D eigenvalue weighted by atomic mass is 10.2. The molecule has 0 aliphatic carbocycles. The summed E-state index contributed by atoms with van der Waals surface area (Å²) in [5, 5.41) is 4.27. The van der Waals surface area contributed by atoms with E-state index in [9.17, 15) is 0 Å². The van der Waals surface area contributed by atoms with Gasteiger partial charge in [-0.3, -0.25) is 0 Å². The van der Waals surface area contributed by atoms with Crippen molar-refractivity contribution >= 4 is 23.2 Å². The van der Waals surface area contributed by atoms with Crippen LogP contribution in [0.3, 0.4) is 0 Å². The van der Waals surface area contributed by atoms with E-state index in [2.05, 4.69) is 12.2 Å². The van der Waals surface area contributed by atoms with Gasteiger partial charge in [-0.15, -0.1) is 0 Å². The van der Waals surface area contributed by atoms with E-state index >= 15 is 0 Å². The Morgan fingerprint density at radius 3 is 2.33 bits per heavy atom. The van der Waals surface area contributed by atoms with E-state index in [0.717, 1.165) is 18.7 Å². The molecule has 0 saturated heterocycles. The van der Waals surface area contributed by atoms with Crippen molar-refractivity contribution in [3.05, 3.63) is 28.2 Å². The van der Waals surface area contributed by atoms with Crippen molar-refractivity contribution in [2.24, 2.45) is 0 Å². The maximum absolute atomic E-state index is 5.87. The van der Waals surface area contributed by atoms with Gasteiger partial charge in [-0.05, 0) is 31.7 Å². The zero-order valence-electron chi connectivity index (χ0n) is 8.89. The molecule has 0 aromatic heterocycles. The molecule has 0 bridgehead atoms. The van der Waals surface area contributed by atoms with Gasteiger partial charge in [0.2, 0.25) is 0 Å². The van der Waals surface area contributed by atoms with Crippen LogP contribution in [-0.4, -0.2) is 19.7 Å². The molecule has 0 spiro atoms. The predicted octanol–water partition coefficient (Wildman–Crippen LogP) is 3.37. The van der Waals surface area contributed by atoms with Crippen LogP contribution in [0.2, 0.25) is 10.0 Å². The van der Waals surface area contributed by atoms with E-state index < -0.39 is 0 Å². The molecule has 0 saturated carbocycles. The van der Waals surface area contributed by atoms with Gasteiger partial charge in [-0.1, -0.05) is 30.1 Å². The van der Waals surface area contributed by atoms with E-state index in [1.165, 1.54) is 0 Å². The number of ether oxygens (including phenoxy) is 1. The average molecular weight is 248 g/mol. The molecule has 1 N–H and O–H groups in total. The highest BCUT2D eigenvalue weighted by atomic mass is 35.5. The highest BCUT2D eigenvalue weighted by molar-refractivity contribution is 6.34. The van der Waals surface area contributed by atoms with E-state index in [-0.39, 0.29) is 6.10 Å². The summed E-state index contributed by atoms with van der Waals surface area (Å²) in [5.41, 5.74) is 0. The van der Waals surface area contributed by atoms with Gasteiger partial charge in [0.05, 0.1) is 0 Å². The number of halogens is 2. The lowest BCUT2D eigenvalue weighted by Crippen LogP contribution is -2.28. The van der Waals surface area contributed by atoms with Crippen molar-refractivity contribution in [3.63, 3.8) is 0 Å². The molecule has 0 radical (unpaired) electrons. The lowest BCUT2D eigenvalue weighted by molar-refractivity contribution is 0.196. The molecule has 4 heteroatoms. The van der Waals surface area contributed by atoms with Gasteiger partial charge >= 0.3 is 0 Å². The largest absolute Gasteiger partial charge is 0.489 e. The number of hydrogen-bond acceptors (Lipinski definition) is 2. The molecule has 1 unspecified atom stereocenters. The highest BCUT2D eigenvalue weighted by Gasteiger charge is 2.07. The van der Waals surface area contributed by atoms with Gasteiger partial charge in [-0.25, -0.2) is 0 Å². The second kappa shape index (κ2) is 6.21. The minimum atomic E-state index is 0.143. The molecule has 1 aromatic carbocycles. The van der Waals surface area contributed by atoms with Crippen molar-refractivity contribution in [1.29, 1.82) is 0 Å². The normalized spacial score (nSPS) is 12.5. The first-order valence-corrected chi connectivity index (χ1v) is 5.68. The van der Waals surface area contributed by atoms with Crippen LogP contribution in [0.5, 0.6) is 5.75 Å². The molecule has 0 fully saturated rings. The third-order valence-electron chi connectivity index (χ3n) is 2.03. The fraction of sp³-hybridized carbons (Fsp3) is 0.455. The van der Waals surface area contributed by atoms with E-state index in [1.807, 2.05) is 7.05 Å². The third-order valence-corrected chi connectivity index (χ3v) is 2.46. The molecule has 0 amide bonds. The van der Waals surface area contributed by atoms with Crippen LogP contribution in [0.15, 0.2) is 18.2 Å². The van der Waals surface area contributed by atoms with E-state index in [4.69, 9.17) is 27.9 Å². The van der Waals surface area contributed by atoms with Crippen LogP contribution in [0, 0.1) is 0 Å². The summed E-state index contributed by atoms with van der Waals surface area (Å²) in [4.78, 5) is 0. The topological polar surface area (TPSA) is 21.3 Å². The van der Waals surface area contributed by atoms with E-state index in [0.29, 0.717) is 10.0 Å². The first kappa shape index (κ1) is 12.6. The van der Waals surface area contributed by atoms with Crippen molar-refractivity contribution in [2.45, 2.75) is 19.4 Å². The smallest absolute Gasteiger partial charge is 0.122 e. The molecule has 0 aliphatic rings. The first-order chi connectivity index (χ1) is 7.15. The molecule has 2 nitrogen and oxygen atoms in total. The summed E-state index contributed by atoms with van der Waals surface area (Å²) in [6.45, 7) is 2.88. The third kappa shape index (κ3) is 4.29. The summed E-state index contributed by atoms with van der Waals surface area (Å²) in [5.74, 6) is 0.717. The van der Waals surface area contributed by atoms with Crippen LogP contribution < -0.4 is 10.1 Å². The maximum atomic E-state index is 5.87. The molecule has 0 heterocycles. The summed E-state index contributed by atoms with van der Waals surface area (Å²) in [6, 6.07) is 5.23. The molecule has 1 aromatic rings. The zero-order valence-corrected chi connectivity index (χ0v) is 10.4. The molecule has 1 rings (SSSR count). The molecule has 1 atom stereocenters. The SMILES string of the molecule is CCC(CNC)Oc1cc(Cl)cc(Cl)c1. The Kier molecular flexibility index (Phi) is 5.23. The Balaban J connectivity index is 2.69. The van der Waals surface area contributed by atoms with Crippen molar-refractivity contribution in [3.8, 4) is 5.75 Å². The maximum Gasteiger partial charge on any atom is 0.122 e. The molecular formula is C11H15Cl2NO. The van der Waals surface area contributed by atoms with E-state index in [1.54, 1.807) is 18.2 Å². The molecule has 15 heavy (non-hydrogen) atoms. The van der Waals surface area contributed by atoms with Gasteiger partial charge < -0.3 is 10.1 Å². The summed E-state index contributed by atoms with van der Waals surface area (Å²) in [7, 11) is 1.90. The van der Waals surface area contributed by atoms with Crippen molar-refractivity contribution < 1.29 is 4.74 Å². The van der Waals surface area contributed by atoms with Crippen LogP contribution in [-0.2, 0) is 0 Å². The number of rotatable bonds is 5. The molecular weight excluding hydrogens is 233 g/mol. The lowest BCUT2D eigenvalue weighted by Gasteiger charge is -2.17. The summed E-state index contributed by atoms with van der Waals surface area (Å²) in [6.07, 6.45) is 1.08. The highest BCUT2D eigenvalue weighted by Crippen LogP contribution is 2.25. The Labute approximate surface area is 101 Å². The average Bonchev–Trinajstić information content (AvgIpc) is 2.15. The summed E-state index contributed by atoms with van der Waals surface area (Å²) >= 11 is 11.7. The minimum absolute atomic E-state index is 0.143. The zero-order chi connectivity index (χ0) is 11.3. The van der Waals surface area contributed by atoms with Crippen molar-refractivity contribution in [1.82, 2.24) is 5.32 Å². The van der Waals surface area contributed by atoms with Crippen LogP contribution in [0.4, 0.5) is 0 Å². The van der Waals surface area contributed by atoms with Gasteiger partial charge in [0, 0.05) is 16.6 Å². The Morgan fingerprint density at radius 1 is 1.27 bits per heavy atom. The number of hydrogen-bond donors (Lipinski definition) is 1. The first-order valence-electron chi connectivity index (χ1n) is 4.93. The fourth-order valence-electron chi connectivity index (χ4n) is 1.29. The van der Waals surface area contributed by atoms with Crippen molar-refractivity contribution in [2.75, 3.05) is 13.6 Å². The summed E-state index contributed by atoms with van der Waals surface area (Å²) < 4.78 is 5.73. The quantitative estimate of drug-likeness (QED) is 0.862. The van der Waals surface area contributed by atoms with Crippen LogP contribution in [0.1, 0.15) is 13.3 Å². The Morgan fingerprint density at radius 2 is 1.87 bits per heavy atom. The Hall–Kier alpha value is -0.440. The van der Waals surface area contributed by atoms with Gasteiger partial charge in [-0.2, -0.15) is 0 Å².